The van der Waals surface area contributed by atoms with Gasteiger partial charge in [0, 0.05) is 46.7 Å². The summed E-state index contributed by atoms with van der Waals surface area (Å²) in [6.45, 7) is 1.38. The number of nitrogens with two attached hydrogens (primary N) is 1. The molecule has 7 nitrogen and oxygen atoms in total. The third kappa shape index (κ3) is 5.43. The number of rotatable bonds is 7. The second-order valence-electron chi connectivity index (χ2n) is 6.73. The van der Waals surface area contributed by atoms with Crippen molar-refractivity contribution in [1.82, 2.24) is 20.2 Å². The van der Waals surface area contributed by atoms with Gasteiger partial charge >= 0.3 is 0 Å². The van der Waals surface area contributed by atoms with Crippen LogP contribution in [-0.4, -0.2) is 48.0 Å². The van der Waals surface area contributed by atoms with Crippen molar-refractivity contribution in [2.45, 2.75) is 0 Å². The lowest BCUT2D eigenvalue weighted by Gasteiger charge is -2.11. The fourth-order valence-electron chi connectivity index (χ4n) is 2.67. The van der Waals surface area contributed by atoms with Gasteiger partial charge in [0.15, 0.2) is 0 Å². The van der Waals surface area contributed by atoms with Crippen molar-refractivity contribution in [3.8, 4) is 11.1 Å². The van der Waals surface area contributed by atoms with Crippen LogP contribution < -0.4 is 16.4 Å². The number of anilines is 3. The van der Waals surface area contributed by atoms with Crippen LogP contribution in [0.25, 0.3) is 11.1 Å². The van der Waals surface area contributed by atoms with Crippen LogP contribution in [0, 0.1) is 0 Å². The summed E-state index contributed by atoms with van der Waals surface area (Å²) >= 11 is 6.23. The Bertz CT molecular complexity index is 991. The monoisotopic (exact) mass is 410 g/mol. The van der Waals surface area contributed by atoms with Crippen molar-refractivity contribution in [3.63, 3.8) is 0 Å². The molecule has 0 aliphatic carbocycles. The first-order chi connectivity index (χ1) is 13.9. The molecule has 0 spiro atoms. The van der Waals surface area contributed by atoms with Gasteiger partial charge in [0.05, 0.1) is 0 Å². The van der Waals surface area contributed by atoms with Gasteiger partial charge in [0.1, 0.15) is 5.82 Å². The highest BCUT2D eigenvalue weighted by Crippen LogP contribution is 2.31. The number of amides is 1. The van der Waals surface area contributed by atoms with Crippen molar-refractivity contribution in [2.24, 2.45) is 0 Å². The number of likely N-dealkylation sites (N-methyl/N-ethyl adjacent to an activating group) is 1. The van der Waals surface area contributed by atoms with Gasteiger partial charge in [-0.3, -0.25) is 4.79 Å². The summed E-state index contributed by atoms with van der Waals surface area (Å²) < 4.78 is 0. The van der Waals surface area contributed by atoms with E-state index in [1.54, 1.807) is 36.5 Å². The summed E-state index contributed by atoms with van der Waals surface area (Å²) in [4.78, 5) is 22.8. The van der Waals surface area contributed by atoms with Crippen LogP contribution in [-0.2, 0) is 0 Å². The standard InChI is InChI=1S/C21H23ClN6O/c1-28(2)12-11-24-20(29)14-7-9-15(10-8-14)26-21-25-13-17(19(23)27-21)16-5-3-4-6-18(16)22/h3-10,13H,11-12H2,1-2H3,(H,24,29)(H3,23,25,26,27). The van der Waals surface area contributed by atoms with E-state index < -0.39 is 0 Å². The molecule has 150 valence electrons. The van der Waals surface area contributed by atoms with E-state index in [0.717, 1.165) is 17.8 Å². The lowest BCUT2D eigenvalue weighted by molar-refractivity contribution is 0.0951. The fourth-order valence-corrected chi connectivity index (χ4v) is 2.91. The van der Waals surface area contributed by atoms with E-state index in [0.29, 0.717) is 34.5 Å². The van der Waals surface area contributed by atoms with Crippen LogP contribution >= 0.6 is 11.6 Å². The number of halogens is 1. The zero-order chi connectivity index (χ0) is 20.8. The zero-order valence-corrected chi connectivity index (χ0v) is 17.1. The van der Waals surface area contributed by atoms with Gasteiger partial charge in [-0.25, -0.2) is 4.98 Å². The molecule has 0 aliphatic rings. The molecule has 3 aromatic rings. The molecule has 0 atom stereocenters. The van der Waals surface area contributed by atoms with Crippen LogP contribution in [0.4, 0.5) is 17.5 Å². The van der Waals surface area contributed by atoms with E-state index in [1.807, 2.05) is 37.2 Å². The number of aromatic nitrogens is 2. The van der Waals surface area contributed by atoms with Crippen molar-refractivity contribution in [3.05, 3.63) is 65.3 Å². The van der Waals surface area contributed by atoms with Gasteiger partial charge < -0.3 is 21.3 Å². The molecule has 0 saturated carbocycles. The van der Waals surface area contributed by atoms with Gasteiger partial charge in [-0.15, -0.1) is 0 Å². The summed E-state index contributed by atoms with van der Waals surface area (Å²) in [7, 11) is 3.92. The van der Waals surface area contributed by atoms with Crippen molar-refractivity contribution < 1.29 is 4.79 Å². The maximum Gasteiger partial charge on any atom is 0.251 e. The van der Waals surface area contributed by atoms with Crippen molar-refractivity contribution >= 4 is 35.0 Å². The van der Waals surface area contributed by atoms with Crippen LogP contribution in [0.15, 0.2) is 54.7 Å². The van der Waals surface area contributed by atoms with Crippen molar-refractivity contribution in [1.29, 1.82) is 0 Å². The first-order valence-corrected chi connectivity index (χ1v) is 9.49. The Hall–Kier alpha value is -3.16. The average Bonchev–Trinajstić information content (AvgIpc) is 2.69. The highest BCUT2D eigenvalue weighted by Gasteiger charge is 2.10. The summed E-state index contributed by atoms with van der Waals surface area (Å²) in [6, 6.07) is 14.5. The molecule has 0 radical (unpaired) electrons. The minimum Gasteiger partial charge on any atom is -0.383 e. The molecular weight excluding hydrogens is 388 g/mol. The Morgan fingerprint density at radius 2 is 1.83 bits per heavy atom. The molecule has 2 aromatic carbocycles. The molecule has 1 heterocycles. The molecule has 0 unspecified atom stereocenters. The number of benzene rings is 2. The van der Waals surface area contributed by atoms with E-state index in [4.69, 9.17) is 17.3 Å². The van der Waals surface area contributed by atoms with Crippen LogP contribution in [0.1, 0.15) is 10.4 Å². The average molecular weight is 411 g/mol. The highest BCUT2D eigenvalue weighted by atomic mass is 35.5. The maximum atomic E-state index is 12.1. The fraction of sp³-hybridized carbons (Fsp3) is 0.190. The topological polar surface area (TPSA) is 96.2 Å². The quantitative estimate of drug-likeness (QED) is 0.552. The number of carbonyl (C=O) groups excluding carboxylic acids is 1. The number of hydrogen-bond donors (Lipinski definition) is 3. The second-order valence-corrected chi connectivity index (χ2v) is 7.14. The molecule has 0 bridgehead atoms. The van der Waals surface area contributed by atoms with Crippen LogP contribution in [0.2, 0.25) is 5.02 Å². The number of nitrogens with one attached hydrogen (secondary N) is 2. The predicted octanol–water partition coefficient (Wildman–Crippen LogP) is 3.41. The molecule has 4 N–H and O–H groups in total. The van der Waals surface area contributed by atoms with E-state index >= 15 is 0 Å². The Morgan fingerprint density at radius 3 is 2.48 bits per heavy atom. The second kappa shape index (κ2) is 9.36. The Morgan fingerprint density at radius 1 is 1.10 bits per heavy atom. The molecule has 8 heteroatoms. The molecular formula is C21H23ClN6O. The van der Waals surface area contributed by atoms with Gasteiger partial charge in [0.2, 0.25) is 5.95 Å². The highest BCUT2D eigenvalue weighted by molar-refractivity contribution is 6.33. The number of nitrogens with zero attached hydrogens (tertiary/aromatic N) is 3. The molecule has 0 fully saturated rings. The molecule has 0 aliphatic heterocycles. The maximum absolute atomic E-state index is 12.1. The minimum atomic E-state index is -0.108. The summed E-state index contributed by atoms with van der Waals surface area (Å²) in [5.74, 6) is 0.581. The molecule has 29 heavy (non-hydrogen) atoms. The molecule has 1 aromatic heterocycles. The largest absolute Gasteiger partial charge is 0.383 e. The first-order valence-electron chi connectivity index (χ1n) is 9.11. The summed E-state index contributed by atoms with van der Waals surface area (Å²) in [5.41, 5.74) is 8.89. The summed E-state index contributed by atoms with van der Waals surface area (Å²) in [5, 5.41) is 6.55. The number of nitrogen functional groups attached to an aromatic ring is 1. The number of hydrogen-bond acceptors (Lipinski definition) is 6. The van der Waals surface area contributed by atoms with Crippen molar-refractivity contribution in [2.75, 3.05) is 38.2 Å². The van der Waals surface area contributed by atoms with Gasteiger partial charge in [-0.1, -0.05) is 29.8 Å². The van der Waals surface area contributed by atoms with E-state index in [2.05, 4.69) is 20.6 Å². The van der Waals surface area contributed by atoms with Crippen LogP contribution in [0.5, 0.6) is 0 Å². The number of carbonyl (C=O) groups is 1. The van der Waals surface area contributed by atoms with E-state index in [1.165, 1.54) is 0 Å². The lowest BCUT2D eigenvalue weighted by atomic mass is 10.1. The third-order valence-corrected chi connectivity index (χ3v) is 4.56. The lowest BCUT2D eigenvalue weighted by Crippen LogP contribution is -2.31. The normalized spacial score (nSPS) is 10.8. The SMILES string of the molecule is CN(C)CCNC(=O)c1ccc(Nc2ncc(-c3ccccc3Cl)c(N)n2)cc1. The van der Waals surface area contributed by atoms with Gasteiger partial charge in [-0.2, -0.15) is 4.98 Å². The Labute approximate surface area is 174 Å². The smallest absolute Gasteiger partial charge is 0.251 e. The Kier molecular flexibility index (Phi) is 6.64. The van der Waals surface area contributed by atoms with E-state index in [9.17, 15) is 4.79 Å². The van der Waals surface area contributed by atoms with Gasteiger partial charge in [-0.05, 0) is 44.4 Å². The van der Waals surface area contributed by atoms with Gasteiger partial charge in [0.25, 0.3) is 5.91 Å². The first kappa shape index (κ1) is 20.6. The molecule has 0 saturated heterocycles. The molecule has 1 amide bonds. The van der Waals surface area contributed by atoms with E-state index in [-0.39, 0.29) is 5.91 Å². The minimum absolute atomic E-state index is 0.108. The molecule has 3 rings (SSSR count). The predicted molar refractivity (Wildman–Crippen MR) is 118 cm³/mol. The third-order valence-electron chi connectivity index (χ3n) is 4.23. The summed E-state index contributed by atoms with van der Waals surface area (Å²) in [6.07, 6.45) is 1.64. The Balaban J connectivity index is 1.67. The van der Waals surface area contributed by atoms with Crippen LogP contribution in [0.3, 0.4) is 0 Å². The zero-order valence-electron chi connectivity index (χ0n) is 16.3.